The lowest BCUT2D eigenvalue weighted by molar-refractivity contribution is -0.118. The van der Waals surface area contributed by atoms with Gasteiger partial charge in [-0.3, -0.25) is 19.3 Å². The summed E-state index contributed by atoms with van der Waals surface area (Å²) in [5, 5.41) is 0. The van der Waals surface area contributed by atoms with Crippen LogP contribution in [-0.4, -0.2) is 46.9 Å². The van der Waals surface area contributed by atoms with E-state index in [-0.39, 0.29) is 0 Å². The Morgan fingerprint density at radius 1 is 1.10 bits per heavy atom. The van der Waals surface area contributed by atoms with E-state index < -0.39 is 24.3 Å². The van der Waals surface area contributed by atoms with E-state index in [2.05, 4.69) is 11.6 Å². The highest BCUT2D eigenvalue weighted by molar-refractivity contribution is 7.16. The Morgan fingerprint density at radius 2 is 1.74 bits per heavy atom. The van der Waals surface area contributed by atoms with Crippen LogP contribution in [0.4, 0.5) is 0 Å². The number of hydrogen-bond donors (Lipinski definition) is 0. The van der Waals surface area contributed by atoms with Gasteiger partial charge in [0.25, 0.3) is 17.7 Å². The minimum Gasteiger partial charge on any atom is -0.486 e. The SMILES string of the molecule is C=CCn1c(=NC(=O)CN2C(=O)c3ccccc3C2=O)sc2cc3c(cc21)OCCO3. The first-order valence-corrected chi connectivity index (χ1v) is 10.4. The second kappa shape index (κ2) is 7.51. The molecule has 9 heteroatoms. The number of carbonyl (C=O) groups is 3. The molecule has 3 amide bonds. The van der Waals surface area contributed by atoms with Crippen molar-refractivity contribution >= 4 is 39.3 Å². The Hall–Kier alpha value is -3.72. The Kier molecular flexibility index (Phi) is 4.67. The van der Waals surface area contributed by atoms with Gasteiger partial charge in [-0.25, -0.2) is 0 Å². The van der Waals surface area contributed by atoms with E-state index in [4.69, 9.17) is 9.47 Å². The lowest BCUT2D eigenvalue weighted by Crippen LogP contribution is -2.35. The maximum Gasteiger partial charge on any atom is 0.268 e. The van der Waals surface area contributed by atoms with Crippen molar-refractivity contribution in [3.63, 3.8) is 0 Å². The summed E-state index contributed by atoms with van der Waals surface area (Å²) in [5.74, 6) is -0.271. The van der Waals surface area contributed by atoms with Crippen LogP contribution < -0.4 is 14.3 Å². The fraction of sp³-hybridized carbons (Fsp3) is 0.182. The zero-order chi connectivity index (χ0) is 21.5. The monoisotopic (exact) mass is 435 g/mol. The van der Waals surface area contributed by atoms with Crippen molar-refractivity contribution in [2.24, 2.45) is 4.99 Å². The molecule has 3 heterocycles. The van der Waals surface area contributed by atoms with Gasteiger partial charge in [-0.05, 0) is 12.1 Å². The van der Waals surface area contributed by atoms with Gasteiger partial charge >= 0.3 is 0 Å². The normalized spacial score (nSPS) is 15.5. The molecular formula is C22H17N3O5S. The van der Waals surface area contributed by atoms with Gasteiger partial charge in [0.15, 0.2) is 16.3 Å². The standard InChI is InChI=1S/C22H17N3O5S/c1-2-7-24-15-10-16-17(30-9-8-29-16)11-18(15)31-22(24)23-19(26)12-25-20(27)13-5-3-4-6-14(13)21(25)28/h2-6,10-11H,1,7-9,12H2. The molecule has 0 atom stereocenters. The number of carbonyl (C=O) groups excluding carboxylic acids is 3. The number of ether oxygens (including phenoxy) is 2. The molecule has 0 N–H and O–H groups in total. The van der Waals surface area contributed by atoms with Crippen LogP contribution in [0.25, 0.3) is 10.2 Å². The van der Waals surface area contributed by atoms with Crippen molar-refractivity contribution in [1.82, 2.24) is 9.47 Å². The third kappa shape index (κ3) is 3.23. The lowest BCUT2D eigenvalue weighted by atomic mass is 10.1. The van der Waals surface area contributed by atoms with Gasteiger partial charge in [0, 0.05) is 18.7 Å². The summed E-state index contributed by atoms with van der Waals surface area (Å²) in [4.78, 5) is 43.3. The second-order valence-corrected chi connectivity index (χ2v) is 8.00. The molecule has 156 valence electrons. The smallest absolute Gasteiger partial charge is 0.268 e. The van der Waals surface area contributed by atoms with Gasteiger partial charge in [-0.2, -0.15) is 4.99 Å². The number of imide groups is 1. The van der Waals surface area contributed by atoms with Gasteiger partial charge in [0.05, 0.1) is 21.3 Å². The molecule has 3 aromatic rings. The van der Waals surface area contributed by atoms with Crippen LogP contribution in [0.5, 0.6) is 11.5 Å². The number of amides is 3. The zero-order valence-electron chi connectivity index (χ0n) is 16.4. The number of hydrogen-bond acceptors (Lipinski definition) is 6. The van der Waals surface area contributed by atoms with Gasteiger partial charge < -0.3 is 14.0 Å². The minimum atomic E-state index is -0.587. The quantitative estimate of drug-likeness (QED) is 0.464. The summed E-state index contributed by atoms with van der Waals surface area (Å²) in [6.45, 7) is 4.74. The molecule has 2 aliphatic heterocycles. The molecule has 0 radical (unpaired) electrons. The maximum atomic E-state index is 12.7. The van der Waals surface area contributed by atoms with Crippen molar-refractivity contribution in [3.05, 3.63) is 65.0 Å². The van der Waals surface area contributed by atoms with E-state index in [0.717, 1.165) is 15.1 Å². The minimum absolute atomic E-state index is 0.300. The summed E-state index contributed by atoms with van der Waals surface area (Å²) in [6.07, 6.45) is 1.70. The Labute approximate surface area is 180 Å². The van der Waals surface area contributed by atoms with Crippen LogP contribution in [0, 0.1) is 0 Å². The molecule has 31 heavy (non-hydrogen) atoms. The third-order valence-corrected chi connectivity index (χ3v) is 6.09. The zero-order valence-corrected chi connectivity index (χ0v) is 17.2. The molecular weight excluding hydrogens is 418 g/mol. The fourth-order valence-corrected chi connectivity index (χ4v) is 4.72. The van der Waals surface area contributed by atoms with Crippen LogP contribution in [0.2, 0.25) is 0 Å². The molecule has 0 saturated carbocycles. The first-order valence-electron chi connectivity index (χ1n) is 9.63. The molecule has 0 bridgehead atoms. The molecule has 0 unspecified atom stereocenters. The van der Waals surface area contributed by atoms with Gasteiger partial charge in [-0.15, -0.1) is 6.58 Å². The number of allylic oxidation sites excluding steroid dienone is 1. The topological polar surface area (TPSA) is 90.2 Å². The third-order valence-electron chi connectivity index (χ3n) is 5.05. The Bertz CT molecular complexity index is 1300. The van der Waals surface area contributed by atoms with Gasteiger partial charge in [-0.1, -0.05) is 29.5 Å². The number of rotatable bonds is 4. The summed E-state index contributed by atoms with van der Waals surface area (Å²) < 4.78 is 14.0. The van der Waals surface area contributed by atoms with Crippen LogP contribution >= 0.6 is 11.3 Å². The first-order chi connectivity index (χ1) is 15.1. The van der Waals surface area contributed by atoms with E-state index in [9.17, 15) is 14.4 Å². The molecule has 8 nitrogen and oxygen atoms in total. The number of nitrogens with zero attached hydrogens (tertiary/aromatic N) is 3. The fourth-order valence-electron chi connectivity index (χ4n) is 3.66. The predicted molar refractivity (Wildman–Crippen MR) is 113 cm³/mol. The molecule has 2 aliphatic rings. The van der Waals surface area contributed by atoms with Crippen molar-refractivity contribution in [2.75, 3.05) is 19.8 Å². The molecule has 2 aromatic carbocycles. The van der Waals surface area contributed by atoms with E-state index in [1.807, 2.05) is 16.7 Å². The molecule has 0 fully saturated rings. The van der Waals surface area contributed by atoms with Gasteiger partial charge in [0.2, 0.25) is 0 Å². The summed E-state index contributed by atoms with van der Waals surface area (Å²) in [7, 11) is 0. The van der Waals surface area contributed by atoms with E-state index in [1.54, 1.807) is 30.3 Å². The van der Waals surface area contributed by atoms with Gasteiger partial charge in [0.1, 0.15) is 19.8 Å². The maximum absolute atomic E-state index is 12.7. The van der Waals surface area contributed by atoms with Crippen molar-refractivity contribution < 1.29 is 23.9 Å². The lowest BCUT2D eigenvalue weighted by Gasteiger charge is -2.18. The molecule has 5 rings (SSSR count). The summed E-state index contributed by atoms with van der Waals surface area (Å²) >= 11 is 1.32. The average molecular weight is 435 g/mol. The highest BCUT2D eigenvalue weighted by atomic mass is 32.1. The Balaban J connectivity index is 1.50. The first kappa shape index (κ1) is 19.3. The van der Waals surface area contributed by atoms with Crippen LogP contribution in [0.1, 0.15) is 20.7 Å². The molecule has 1 aromatic heterocycles. The number of thiazole rings is 1. The van der Waals surface area contributed by atoms with Crippen LogP contribution in [0.15, 0.2) is 54.0 Å². The largest absolute Gasteiger partial charge is 0.486 e. The van der Waals surface area contributed by atoms with Crippen LogP contribution in [-0.2, 0) is 11.3 Å². The highest BCUT2D eigenvalue weighted by Crippen LogP contribution is 2.35. The molecule has 0 saturated heterocycles. The van der Waals surface area contributed by atoms with E-state index in [0.29, 0.717) is 47.2 Å². The van der Waals surface area contributed by atoms with Crippen LogP contribution in [0.3, 0.4) is 0 Å². The summed E-state index contributed by atoms with van der Waals surface area (Å²) in [5.41, 5.74) is 1.44. The van der Waals surface area contributed by atoms with Crippen molar-refractivity contribution in [1.29, 1.82) is 0 Å². The number of benzene rings is 2. The Morgan fingerprint density at radius 3 is 2.39 bits per heavy atom. The highest BCUT2D eigenvalue weighted by Gasteiger charge is 2.36. The molecule has 0 spiro atoms. The number of fused-ring (bicyclic) bond motifs is 3. The summed E-state index contributed by atoms with van der Waals surface area (Å²) in [6, 6.07) is 10.2. The van der Waals surface area contributed by atoms with E-state index >= 15 is 0 Å². The van der Waals surface area contributed by atoms with E-state index in [1.165, 1.54) is 11.3 Å². The number of aromatic nitrogens is 1. The van der Waals surface area contributed by atoms with Crippen molar-refractivity contribution in [3.8, 4) is 11.5 Å². The van der Waals surface area contributed by atoms with Crippen molar-refractivity contribution in [2.45, 2.75) is 6.54 Å². The molecule has 0 aliphatic carbocycles. The second-order valence-electron chi connectivity index (χ2n) is 7.00. The predicted octanol–water partition coefficient (Wildman–Crippen LogP) is 2.38. The average Bonchev–Trinajstić information content (AvgIpc) is 3.22.